The first-order valence-corrected chi connectivity index (χ1v) is 5.72. The molecule has 17 heavy (non-hydrogen) atoms. The summed E-state index contributed by atoms with van der Waals surface area (Å²) >= 11 is 0. The summed E-state index contributed by atoms with van der Waals surface area (Å²) in [7, 11) is 0. The number of benzene rings is 1. The number of hydrogen-bond donors (Lipinski definition) is 1. The van der Waals surface area contributed by atoms with Crippen molar-refractivity contribution in [1.29, 1.82) is 0 Å². The molecule has 1 atom stereocenters. The SMILES string of the molecule is Cc1ccc(C(C)(O)c2cccnc2)cc1C. The normalized spacial score (nSPS) is 14.4. The average molecular weight is 227 g/mol. The van der Waals surface area contributed by atoms with E-state index in [0.29, 0.717) is 0 Å². The summed E-state index contributed by atoms with van der Waals surface area (Å²) in [5.74, 6) is 0. The molecule has 0 spiro atoms. The van der Waals surface area contributed by atoms with Gasteiger partial charge >= 0.3 is 0 Å². The maximum Gasteiger partial charge on any atom is 0.113 e. The van der Waals surface area contributed by atoms with Crippen molar-refractivity contribution < 1.29 is 5.11 Å². The lowest BCUT2D eigenvalue weighted by Gasteiger charge is -2.24. The molecule has 88 valence electrons. The summed E-state index contributed by atoms with van der Waals surface area (Å²) in [6, 6.07) is 9.76. The first-order chi connectivity index (χ1) is 8.01. The minimum atomic E-state index is -0.993. The minimum absolute atomic E-state index is 0.809. The fourth-order valence-corrected chi connectivity index (χ4v) is 1.86. The van der Waals surface area contributed by atoms with Gasteiger partial charge in [-0.1, -0.05) is 24.3 Å². The maximum atomic E-state index is 10.6. The van der Waals surface area contributed by atoms with Crippen LogP contribution in [-0.4, -0.2) is 10.1 Å². The molecule has 1 aromatic heterocycles. The molecular weight excluding hydrogens is 210 g/mol. The third-order valence-corrected chi connectivity index (χ3v) is 3.29. The van der Waals surface area contributed by atoms with Crippen molar-refractivity contribution in [3.05, 3.63) is 65.0 Å². The molecule has 1 aromatic carbocycles. The van der Waals surface area contributed by atoms with Gasteiger partial charge in [0.1, 0.15) is 5.60 Å². The molecule has 2 nitrogen and oxygen atoms in total. The Labute approximate surface area is 102 Å². The van der Waals surface area contributed by atoms with E-state index in [1.807, 2.05) is 30.3 Å². The van der Waals surface area contributed by atoms with E-state index in [1.54, 1.807) is 19.3 Å². The molecule has 1 unspecified atom stereocenters. The lowest BCUT2D eigenvalue weighted by Crippen LogP contribution is -2.23. The Morgan fingerprint density at radius 3 is 2.41 bits per heavy atom. The number of aliphatic hydroxyl groups is 1. The highest BCUT2D eigenvalue weighted by molar-refractivity contribution is 5.38. The number of aryl methyl sites for hydroxylation is 2. The molecule has 0 aliphatic carbocycles. The molecule has 0 amide bonds. The van der Waals surface area contributed by atoms with Crippen LogP contribution in [0.3, 0.4) is 0 Å². The maximum absolute atomic E-state index is 10.6. The third kappa shape index (κ3) is 2.22. The van der Waals surface area contributed by atoms with Crippen molar-refractivity contribution in [2.75, 3.05) is 0 Å². The van der Waals surface area contributed by atoms with Gasteiger partial charge in [0.25, 0.3) is 0 Å². The standard InChI is InChI=1S/C15H17NO/c1-11-6-7-13(9-12(11)2)15(3,17)14-5-4-8-16-10-14/h4-10,17H,1-3H3. The Kier molecular flexibility index (Phi) is 2.99. The monoisotopic (exact) mass is 227 g/mol. The number of rotatable bonds is 2. The minimum Gasteiger partial charge on any atom is -0.381 e. The van der Waals surface area contributed by atoms with E-state index in [9.17, 15) is 5.11 Å². The first-order valence-electron chi connectivity index (χ1n) is 5.72. The van der Waals surface area contributed by atoms with Gasteiger partial charge in [0, 0.05) is 18.0 Å². The molecule has 1 N–H and O–H groups in total. The van der Waals surface area contributed by atoms with Gasteiger partial charge in [-0.3, -0.25) is 4.98 Å². The van der Waals surface area contributed by atoms with Crippen LogP contribution >= 0.6 is 0 Å². The number of pyridine rings is 1. The Balaban J connectivity index is 2.48. The second kappa shape index (κ2) is 4.30. The summed E-state index contributed by atoms with van der Waals surface area (Å²) in [6.07, 6.45) is 3.41. The van der Waals surface area contributed by atoms with Gasteiger partial charge in [0.15, 0.2) is 0 Å². The van der Waals surface area contributed by atoms with E-state index in [0.717, 1.165) is 11.1 Å². The molecular formula is C15H17NO. The summed E-state index contributed by atoms with van der Waals surface area (Å²) in [6.45, 7) is 5.92. The lowest BCUT2D eigenvalue weighted by atomic mass is 9.88. The van der Waals surface area contributed by atoms with Crippen LogP contribution in [0.25, 0.3) is 0 Å². The summed E-state index contributed by atoms with van der Waals surface area (Å²) in [4.78, 5) is 4.06. The zero-order chi connectivity index (χ0) is 12.5. The van der Waals surface area contributed by atoms with Crippen LogP contribution in [0.15, 0.2) is 42.7 Å². The fourth-order valence-electron chi connectivity index (χ4n) is 1.86. The molecule has 0 saturated carbocycles. The predicted molar refractivity (Wildman–Crippen MR) is 68.8 cm³/mol. The van der Waals surface area contributed by atoms with Crippen LogP contribution in [0.4, 0.5) is 0 Å². The average Bonchev–Trinajstić information content (AvgIpc) is 2.33. The van der Waals surface area contributed by atoms with E-state index in [2.05, 4.69) is 18.8 Å². The summed E-state index contributed by atoms with van der Waals surface area (Å²) in [5.41, 5.74) is 3.13. The molecule has 1 heterocycles. The van der Waals surface area contributed by atoms with Crippen molar-refractivity contribution in [2.45, 2.75) is 26.4 Å². The molecule has 2 heteroatoms. The molecule has 0 radical (unpaired) electrons. The summed E-state index contributed by atoms with van der Waals surface area (Å²) < 4.78 is 0. The third-order valence-electron chi connectivity index (χ3n) is 3.29. The lowest BCUT2D eigenvalue weighted by molar-refractivity contribution is 0.102. The van der Waals surface area contributed by atoms with Gasteiger partial charge in [-0.15, -0.1) is 0 Å². The van der Waals surface area contributed by atoms with Gasteiger partial charge < -0.3 is 5.11 Å². The van der Waals surface area contributed by atoms with Gasteiger partial charge in [-0.2, -0.15) is 0 Å². The molecule has 0 aliphatic rings. The van der Waals surface area contributed by atoms with Crippen molar-refractivity contribution in [1.82, 2.24) is 4.98 Å². The number of hydrogen-bond acceptors (Lipinski definition) is 2. The van der Waals surface area contributed by atoms with Gasteiger partial charge in [-0.25, -0.2) is 0 Å². The topological polar surface area (TPSA) is 33.1 Å². The predicted octanol–water partition coefficient (Wildman–Crippen LogP) is 2.95. The number of aromatic nitrogens is 1. The fraction of sp³-hybridized carbons (Fsp3) is 0.267. The Bertz CT molecular complexity index is 518. The van der Waals surface area contributed by atoms with Crippen LogP contribution in [0.5, 0.6) is 0 Å². The van der Waals surface area contributed by atoms with Gasteiger partial charge in [0.05, 0.1) is 0 Å². The van der Waals surface area contributed by atoms with Crippen LogP contribution < -0.4 is 0 Å². The van der Waals surface area contributed by atoms with E-state index < -0.39 is 5.60 Å². The van der Waals surface area contributed by atoms with E-state index >= 15 is 0 Å². The largest absolute Gasteiger partial charge is 0.381 e. The van der Waals surface area contributed by atoms with Crippen LogP contribution in [0.2, 0.25) is 0 Å². The highest BCUT2D eigenvalue weighted by Gasteiger charge is 2.25. The number of nitrogens with zero attached hydrogens (tertiary/aromatic N) is 1. The van der Waals surface area contributed by atoms with Gasteiger partial charge in [-0.05, 0) is 43.5 Å². The molecule has 2 aromatic rings. The van der Waals surface area contributed by atoms with E-state index in [-0.39, 0.29) is 0 Å². The quantitative estimate of drug-likeness (QED) is 0.855. The van der Waals surface area contributed by atoms with Crippen LogP contribution in [-0.2, 0) is 5.60 Å². The highest BCUT2D eigenvalue weighted by atomic mass is 16.3. The van der Waals surface area contributed by atoms with Gasteiger partial charge in [0.2, 0.25) is 0 Å². The zero-order valence-corrected chi connectivity index (χ0v) is 10.4. The molecule has 2 rings (SSSR count). The van der Waals surface area contributed by atoms with Crippen molar-refractivity contribution >= 4 is 0 Å². The Hall–Kier alpha value is -1.67. The Morgan fingerprint density at radius 1 is 1.06 bits per heavy atom. The summed E-state index contributed by atoms with van der Waals surface area (Å²) in [5, 5.41) is 10.6. The zero-order valence-electron chi connectivity index (χ0n) is 10.4. The van der Waals surface area contributed by atoms with Crippen LogP contribution in [0.1, 0.15) is 29.2 Å². The molecule has 0 bridgehead atoms. The highest BCUT2D eigenvalue weighted by Crippen LogP contribution is 2.29. The second-order valence-electron chi connectivity index (χ2n) is 4.61. The molecule has 0 aliphatic heterocycles. The van der Waals surface area contributed by atoms with Crippen molar-refractivity contribution in [2.24, 2.45) is 0 Å². The molecule has 0 saturated heterocycles. The van der Waals surface area contributed by atoms with E-state index in [4.69, 9.17) is 0 Å². The van der Waals surface area contributed by atoms with Crippen molar-refractivity contribution in [3.8, 4) is 0 Å². The smallest absolute Gasteiger partial charge is 0.113 e. The Morgan fingerprint density at radius 2 is 1.82 bits per heavy atom. The van der Waals surface area contributed by atoms with Crippen LogP contribution in [0, 0.1) is 13.8 Å². The molecule has 0 fully saturated rings. The van der Waals surface area contributed by atoms with E-state index in [1.165, 1.54) is 11.1 Å². The first kappa shape index (κ1) is 11.8. The van der Waals surface area contributed by atoms with Crippen molar-refractivity contribution in [3.63, 3.8) is 0 Å². The second-order valence-corrected chi connectivity index (χ2v) is 4.61.